The second-order valence-corrected chi connectivity index (χ2v) is 5.25. The largest absolute Gasteiger partial charge is 0.416 e. The number of alkyl halides is 3. The Kier molecular flexibility index (Phi) is 3.64. The van der Waals surface area contributed by atoms with E-state index in [1.807, 2.05) is 42.3 Å². The summed E-state index contributed by atoms with van der Waals surface area (Å²) >= 11 is 0. The van der Waals surface area contributed by atoms with E-state index in [2.05, 4.69) is 4.99 Å². The average Bonchev–Trinajstić information content (AvgIpc) is 2.66. The second-order valence-electron chi connectivity index (χ2n) is 5.25. The Hall–Kier alpha value is -2.30. The van der Waals surface area contributed by atoms with Crippen molar-refractivity contribution < 1.29 is 13.2 Å². The average molecular weight is 304 g/mol. The molecule has 0 atom stereocenters. The minimum atomic E-state index is -4.36. The highest BCUT2D eigenvalue weighted by atomic mass is 19.4. The highest BCUT2D eigenvalue weighted by Crippen LogP contribution is 2.34. The lowest BCUT2D eigenvalue weighted by Crippen LogP contribution is -2.21. The van der Waals surface area contributed by atoms with E-state index < -0.39 is 11.7 Å². The molecular formula is C17H15F3N2. The van der Waals surface area contributed by atoms with Crippen LogP contribution in [0.3, 0.4) is 0 Å². The van der Waals surface area contributed by atoms with Gasteiger partial charge in [0.05, 0.1) is 17.8 Å². The van der Waals surface area contributed by atoms with Gasteiger partial charge in [0.15, 0.2) is 0 Å². The van der Waals surface area contributed by atoms with Crippen LogP contribution in [0.1, 0.15) is 16.7 Å². The Morgan fingerprint density at radius 1 is 1.05 bits per heavy atom. The number of anilines is 1. The summed E-state index contributed by atoms with van der Waals surface area (Å²) in [6.45, 7) is 1.23. The zero-order valence-corrected chi connectivity index (χ0v) is 12.1. The molecule has 2 nitrogen and oxygen atoms in total. The number of halogens is 3. The highest BCUT2D eigenvalue weighted by Gasteiger charge is 2.32. The molecule has 1 heterocycles. The normalized spacial score (nSPS) is 15.1. The molecule has 2 aromatic rings. The Morgan fingerprint density at radius 2 is 1.77 bits per heavy atom. The topological polar surface area (TPSA) is 15.6 Å². The van der Waals surface area contributed by atoms with Crippen molar-refractivity contribution in [2.75, 3.05) is 25.0 Å². The Balaban J connectivity index is 2.19. The lowest BCUT2D eigenvalue weighted by atomic mass is 9.98. The quantitative estimate of drug-likeness (QED) is 0.778. The van der Waals surface area contributed by atoms with Gasteiger partial charge >= 0.3 is 6.18 Å². The van der Waals surface area contributed by atoms with E-state index in [4.69, 9.17) is 0 Å². The zero-order chi connectivity index (χ0) is 15.7. The lowest BCUT2D eigenvalue weighted by Gasteiger charge is -2.21. The van der Waals surface area contributed by atoms with E-state index in [0.29, 0.717) is 24.4 Å². The molecule has 0 fully saturated rings. The van der Waals surface area contributed by atoms with Crippen molar-refractivity contribution in [3.8, 4) is 0 Å². The number of hydrogen-bond donors (Lipinski definition) is 0. The van der Waals surface area contributed by atoms with Crippen molar-refractivity contribution >= 4 is 11.4 Å². The number of fused-ring (bicyclic) bond motifs is 1. The molecule has 3 rings (SSSR count). The van der Waals surface area contributed by atoms with E-state index in [0.717, 1.165) is 17.3 Å². The number of hydrogen-bond acceptors (Lipinski definition) is 2. The van der Waals surface area contributed by atoms with Crippen molar-refractivity contribution in [1.29, 1.82) is 0 Å². The summed E-state index contributed by atoms with van der Waals surface area (Å²) < 4.78 is 39.1. The molecule has 1 aliphatic heterocycles. The number of aliphatic imine (C=N–C) groups is 1. The summed E-state index contributed by atoms with van der Waals surface area (Å²) in [4.78, 5) is 6.46. The molecule has 22 heavy (non-hydrogen) atoms. The van der Waals surface area contributed by atoms with Gasteiger partial charge in [-0.2, -0.15) is 13.2 Å². The van der Waals surface area contributed by atoms with Gasteiger partial charge in [-0.15, -0.1) is 0 Å². The number of rotatable bonds is 1. The number of likely N-dealkylation sites (N-methyl/N-ethyl adjacent to an activating group) is 1. The van der Waals surface area contributed by atoms with E-state index >= 15 is 0 Å². The van der Waals surface area contributed by atoms with E-state index in [-0.39, 0.29) is 0 Å². The Bertz CT molecular complexity index is 706. The van der Waals surface area contributed by atoms with Crippen molar-refractivity contribution in [3.63, 3.8) is 0 Å². The molecule has 0 unspecified atom stereocenters. The maximum atomic E-state index is 13.0. The van der Waals surface area contributed by atoms with Crippen LogP contribution >= 0.6 is 0 Å². The van der Waals surface area contributed by atoms with Crippen LogP contribution in [0, 0.1) is 0 Å². The van der Waals surface area contributed by atoms with Crippen LogP contribution in [0.5, 0.6) is 0 Å². The number of benzene rings is 2. The first-order chi connectivity index (χ1) is 10.5. The van der Waals surface area contributed by atoms with Crippen molar-refractivity contribution in [1.82, 2.24) is 0 Å². The van der Waals surface area contributed by atoms with Gasteiger partial charge in [0.25, 0.3) is 0 Å². The molecular weight excluding hydrogens is 289 g/mol. The summed E-state index contributed by atoms with van der Waals surface area (Å²) in [5, 5.41) is 0. The molecule has 0 aromatic heterocycles. The van der Waals surface area contributed by atoms with Crippen LogP contribution in [0.4, 0.5) is 18.9 Å². The predicted octanol–water partition coefficient (Wildman–Crippen LogP) is 3.99. The minimum Gasteiger partial charge on any atom is -0.372 e. The summed E-state index contributed by atoms with van der Waals surface area (Å²) in [6, 6.07) is 13.2. The first kappa shape index (κ1) is 14.6. The Labute approximate surface area is 126 Å². The van der Waals surface area contributed by atoms with Gasteiger partial charge < -0.3 is 4.90 Å². The minimum absolute atomic E-state index is 0.529. The van der Waals surface area contributed by atoms with Gasteiger partial charge in [0.2, 0.25) is 0 Å². The van der Waals surface area contributed by atoms with Crippen LogP contribution < -0.4 is 4.90 Å². The Morgan fingerprint density at radius 3 is 2.45 bits per heavy atom. The van der Waals surface area contributed by atoms with Gasteiger partial charge in [0, 0.05) is 30.4 Å². The molecule has 0 amide bonds. The smallest absolute Gasteiger partial charge is 0.372 e. The van der Waals surface area contributed by atoms with Gasteiger partial charge in [0.1, 0.15) is 0 Å². The number of nitrogens with zero attached hydrogens (tertiary/aromatic N) is 2. The summed E-state index contributed by atoms with van der Waals surface area (Å²) in [7, 11) is 1.87. The molecule has 2 aromatic carbocycles. The van der Waals surface area contributed by atoms with E-state index in [1.165, 1.54) is 12.1 Å². The maximum Gasteiger partial charge on any atom is 0.416 e. The molecule has 0 aliphatic carbocycles. The van der Waals surface area contributed by atoms with Gasteiger partial charge in [-0.25, -0.2) is 0 Å². The molecule has 1 aliphatic rings. The zero-order valence-electron chi connectivity index (χ0n) is 12.1. The summed E-state index contributed by atoms with van der Waals surface area (Å²) in [5.74, 6) is 0. The highest BCUT2D eigenvalue weighted by molar-refractivity contribution is 6.16. The van der Waals surface area contributed by atoms with Gasteiger partial charge in [-0.3, -0.25) is 4.99 Å². The lowest BCUT2D eigenvalue weighted by molar-refractivity contribution is -0.137. The van der Waals surface area contributed by atoms with E-state index in [9.17, 15) is 13.2 Å². The van der Waals surface area contributed by atoms with Gasteiger partial charge in [-0.05, 0) is 18.2 Å². The summed E-state index contributed by atoms with van der Waals surface area (Å²) in [6.07, 6.45) is -4.36. The van der Waals surface area contributed by atoms with Crippen LogP contribution in [0.15, 0.2) is 53.5 Å². The molecule has 0 saturated heterocycles. The van der Waals surface area contributed by atoms with Gasteiger partial charge in [-0.1, -0.05) is 30.3 Å². The first-order valence-corrected chi connectivity index (χ1v) is 6.99. The molecule has 5 heteroatoms. The maximum absolute atomic E-state index is 13.0. The third-order valence-corrected chi connectivity index (χ3v) is 3.74. The standard InChI is InChI=1S/C17H15F3N2/c1-22-10-9-21-16(12-5-3-2-4-6-12)14-11-13(17(18,19)20)7-8-15(14)22/h2-8,11H,9-10H2,1H3. The predicted molar refractivity (Wildman–Crippen MR) is 81.7 cm³/mol. The second kappa shape index (κ2) is 5.48. The fraction of sp³-hybridized carbons (Fsp3) is 0.235. The molecule has 0 spiro atoms. The van der Waals surface area contributed by atoms with E-state index in [1.54, 1.807) is 0 Å². The van der Waals surface area contributed by atoms with Crippen molar-refractivity contribution in [2.24, 2.45) is 4.99 Å². The van der Waals surface area contributed by atoms with Crippen molar-refractivity contribution in [3.05, 3.63) is 65.2 Å². The number of benzodiazepines with no additional fused rings is 1. The molecule has 0 bridgehead atoms. The van der Waals surface area contributed by atoms with Crippen LogP contribution in [0.2, 0.25) is 0 Å². The summed E-state index contributed by atoms with van der Waals surface area (Å²) in [5.41, 5.74) is 2.10. The third-order valence-electron chi connectivity index (χ3n) is 3.74. The monoisotopic (exact) mass is 304 g/mol. The van der Waals surface area contributed by atoms with Crippen LogP contribution in [0.25, 0.3) is 0 Å². The molecule has 0 radical (unpaired) electrons. The fourth-order valence-corrected chi connectivity index (χ4v) is 2.60. The van der Waals surface area contributed by atoms with Crippen molar-refractivity contribution in [2.45, 2.75) is 6.18 Å². The first-order valence-electron chi connectivity index (χ1n) is 6.99. The molecule has 0 saturated carbocycles. The van der Waals surface area contributed by atoms with Crippen LogP contribution in [-0.2, 0) is 6.18 Å². The van der Waals surface area contributed by atoms with Crippen LogP contribution in [-0.4, -0.2) is 25.8 Å². The molecule has 0 N–H and O–H groups in total. The SMILES string of the molecule is CN1CCN=C(c2ccccc2)c2cc(C(F)(F)F)ccc21. The molecule has 114 valence electrons. The fourth-order valence-electron chi connectivity index (χ4n) is 2.60. The third kappa shape index (κ3) is 2.71.